The Morgan fingerprint density at radius 3 is 2.54 bits per heavy atom. The number of ether oxygens (including phenoxy) is 1. The molecule has 0 N–H and O–H groups in total. The molecule has 2 aromatic carbocycles. The smallest absolute Gasteiger partial charge is 0.337 e. The Balaban J connectivity index is 1.70. The number of hydrogen-bond acceptors (Lipinski definition) is 5. The van der Waals surface area contributed by atoms with Crippen LogP contribution in [0.1, 0.15) is 22.3 Å². The van der Waals surface area contributed by atoms with Gasteiger partial charge in [0.05, 0.1) is 17.6 Å². The molecule has 0 unspecified atom stereocenters. The number of nitrogens with zero attached hydrogens (tertiary/aromatic N) is 2. The summed E-state index contributed by atoms with van der Waals surface area (Å²) in [4.78, 5) is 14.1. The summed E-state index contributed by atoms with van der Waals surface area (Å²) in [6.07, 6.45) is 0.740. The molecule has 150 valence electrons. The Kier molecular flexibility index (Phi) is 6.72. The molecule has 3 rings (SSSR count). The Morgan fingerprint density at radius 2 is 1.82 bits per heavy atom. The van der Waals surface area contributed by atoms with Crippen molar-refractivity contribution in [3.63, 3.8) is 0 Å². The molecule has 28 heavy (non-hydrogen) atoms. The van der Waals surface area contributed by atoms with E-state index in [1.807, 2.05) is 24.3 Å². The minimum atomic E-state index is -3.67. The molecule has 0 bridgehead atoms. The third-order valence-corrected chi connectivity index (χ3v) is 6.91. The van der Waals surface area contributed by atoms with Crippen molar-refractivity contribution in [2.75, 3.05) is 33.3 Å². The first-order chi connectivity index (χ1) is 13.4. The van der Waals surface area contributed by atoms with Crippen LogP contribution in [0.5, 0.6) is 0 Å². The van der Waals surface area contributed by atoms with Crippen molar-refractivity contribution in [2.24, 2.45) is 0 Å². The molecule has 0 amide bonds. The van der Waals surface area contributed by atoms with Gasteiger partial charge in [-0.25, -0.2) is 13.2 Å². The van der Waals surface area contributed by atoms with E-state index in [4.69, 9.17) is 11.6 Å². The van der Waals surface area contributed by atoms with Crippen molar-refractivity contribution in [3.05, 3.63) is 64.7 Å². The normalized spacial score (nSPS) is 16.5. The first-order valence-electron chi connectivity index (χ1n) is 9.05. The number of hydrogen-bond donors (Lipinski definition) is 0. The minimum Gasteiger partial charge on any atom is -0.465 e. The van der Waals surface area contributed by atoms with Gasteiger partial charge >= 0.3 is 5.97 Å². The van der Waals surface area contributed by atoms with Crippen molar-refractivity contribution >= 4 is 27.6 Å². The van der Waals surface area contributed by atoms with E-state index in [-0.39, 0.29) is 10.5 Å². The highest BCUT2D eigenvalue weighted by Gasteiger charge is 2.27. The minimum absolute atomic E-state index is 0.113. The molecule has 0 aromatic heterocycles. The molecule has 0 atom stereocenters. The van der Waals surface area contributed by atoms with Crippen LogP contribution in [-0.4, -0.2) is 56.9 Å². The number of esters is 1. The number of rotatable bonds is 5. The van der Waals surface area contributed by atoms with Crippen LogP contribution in [0.15, 0.2) is 53.4 Å². The van der Waals surface area contributed by atoms with Gasteiger partial charge in [-0.2, -0.15) is 4.31 Å². The average Bonchev–Trinajstić information content (AvgIpc) is 2.95. The number of carbonyl (C=O) groups excluding carboxylic acids is 1. The Morgan fingerprint density at radius 1 is 1.07 bits per heavy atom. The fourth-order valence-electron chi connectivity index (χ4n) is 3.24. The molecule has 1 saturated heterocycles. The zero-order valence-electron chi connectivity index (χ0n) is 15.7. The number of carbonyl (C=O) groups is 1. The van der Waals surface area contributed by atoms with E-state index < -0.39 is 16.0 Å². The molecule has 6 nitrogen and oxygen atoms in total. The van der Waals surface area contributed by atoms with Gasteiger partial charge in [0, 0.05) is 31.2 Å². The molecule has 8 heteroatoms. The lowest BCUT2D eigenvalue weighted by Crippen LogP contribution is -2.35. The summed E-state index contributed by atoms with van der Waals surface area (Å²) in [6, 6.07) is 13.7. The van der Waals surface area contributed by atoms with Crippen molar-refractivity contribution in [2.45, 2.75) is 17.9 Å². The number of sulfonamides is 1. The molecule has 1 heterocycles. The highest BCUT2D eigenvalue weighted by molar-refractivity contribution is 7.89. The second kappa shape index (κ2) is 9.05. The highest BCUT2D eigenvalue weighted by atomic mass is 35.5. The predicted octanol–water partition coefficient (Wildman–Crippen LogP) is 3.02. The van der Waals surface area contributed by atoms with Crippen LogP contribution in [0.25, 0.3) is 0 Å². The van der Waals surface area contributed by atoms with Gasteiger partial charge in [0.15, 0.2) is 0 Å². The van der Waals surface area contributed by atoms with Crippen LogP contribution in [0.2, 0.25) is 5.02 Å². The van der Waals surface area contributed by atoms with Gasteiger partial charge < -0.3 is 4.74 Å². The second-order valence-electron chi connectivity index (χ2n) is 6.68. The van der Waals surface area contributed by atoms with Crippen LogP contribution >= 0.6 is 11.6 Å². The first-order valence-corrected chi connectivity index (χ1v) is 10.9. The molecule has 1 aliphatic heterocycles. The third-order valence-electron chi connectivity index (χ3n) is 4.76. The number of benzene rings is 2. The lowest BCUT2D eigenvalue weighted by atomic mass is 10.2. The quantitative estimate of drug-likeness (QED) is 0.693. The topological polar surface area (TPSA) is 66.9 Å². The van der Waals surface area contributed by atoms with Crippen LogP contribution in [0.4, 0.5) is 0 Å². The first kappa shape index (κ1) is 20.8. The highest BCUT2D eigenvalue weighted by Crippen LogP contribution is 2.20. The maximum absolute atomic E-state index is 13.0. The second-order valence-corrected chi connectivity index (χ2v) is 9.05. The monoisotopic (exact) mass is 422 g/mol. The molecule has 2 aromatic rings. The standard InChI is InChI=1S/C20H23ClN2O4S/c1-27-20(24)17-4-2-5-19(14-17)28(25,26)23-11-3-10-22(12-13-23)15-16-6-8-18(21)9-7-16/h2,4-9,14H,3,10-13,15H2,1H3. The number of methoxy groups -OCH3 is 1. The Bertz CT molecular complexity index is 931. The van der Waals surface area contributed by atoms with E-state index in [2.05, 4.69) is 9.64 Å². The zero-order chi connectivity index (χ0) is 20.1. The number of halogens is 1. The molecular formula is C20H23ClN2O4S. The van der Waals surface area contributed by atoms with Gasteiger partial charge in [0.2, 0.25) is 10.0 Å². The van der Waals surface area contributed by atoms with Gasteiger partial charge in [0.25, 0.3) is 0 Å². The van der Waals surface area contributed by atoms with Crippen LogP contribution < -0.4 is 0 Å². The predicted molar refractivity (Wildman–Crippen MR) is 108 cm³/mol. The summed E-state index contributed by atoms with van der Waals surface area (Å²) in [6.45, 7) is 3.05. The van der Waals surface area contributed by atoms with E-state index in [1.165, 1.54) is 23.5 Å². The third kappa shape index (κ3) is 4.91. The summed E-state index contributed by atoms with van der Waals surface area (Å²) in [5.74, 6) is -0.554. The molecule has 0 radical (unpaired) electrons. The Hall–Kier alpha value is -1.93. The van der Waals surface area contributed by atoms with E-state index in [9.17, 15) is 13.2 Å². The van der Waals surface area contributed by atoms with Gasteiger partial charge in [-0.3, -0.25) is 4.90 Å². The fraction of sp³-hybridized carbons (Fsp3) is 0.350. The Labute approximate surface area is 170 Å². The van der Waals surface area contributed by atoms with Crippen molar-refractivity contribution in [1.82, 2.24) is 9.21 Å². The van der Waals surface area contributed by atoms with Gasteiger partial charge in [-0.05, 0) is 48.9 Å². The maximum Gasteiger partial charge on any atom is 0.337 e. The summed E-state index contributed by atoms with van der Waals surface area (Å²) in [5.41, 5.74) is 1.37. The van der Waals surface area contributed by atoms with E-state index in [0.29, 0.717) is 24.7 Å². The molecule has 0 aliphatic carbocycles. The summed E-state index contributed by atoms with van der Waals surface area (Å²) in [7, 11) is -2.40. The summed E-state index contributed by atoms with van der Waals surface area (Å²) >= 11 is 5.93. The van der Waals surface area contributed by atoms with Crippen molar-refractivity contribution in [3.8, 4) is 0 Å². The molecule has 0 spiro atoms. The van der Waals surface area contributed by atoms with Gasteiger partial charge in [-0.15, -0.1) is 0 Å². The molecule has 0 saturated carbocycles. The van der Waals surface area contributed by atoms with Crippen LogP contribution in [-0.2, 0) is 21.3 Å². The van der Waals surface area contributed by atoms with Crippen LogP contribution in [0.3, 0.4) is 0 Å². The lowest BCUT2D eigenvalue weighted by Gasteiger charge is -2.22. The van der Waals surface area contributed by atoms with Crippen molar-refractivity contribution in [1.29, 1.82) is 0 Å². The molecule has 1 fully saturated rings. The molecule has 1 aliphatic rings. The van der Waals surface area contributed by atoms with Gasteiger partial charge in [0.1, 0.15) is 0 Å². The summed E-state index contributed by atoms with van der Waals surface area (Å²) < 4.78 is 32.3. The molecular weight excluding hydrogens is 400 g/mol. The largest absolute Gasteiger partial charge is 0.465 e. The average molecular weight is 423 g/mol. The zero-order valence-corrected chi connectivity index (χ0v) is 17.2. The fourth-order valence-corrected chi connectivity index (χ4v) is 4.89. The van der Waals surface area contributed by atoms with Crippen LogP contribution in [0, 0.1) is 0 Å². The lowest BCUT2D eigenvalue weighted by molar-refractivity contribution is 0.0600. The van der Waals surface area contributed by atoms with E-state index in [0.717, 1.165) is 25.1 Å². The van der Waals surface area contributed by atoms with Gasteiger partial charge in [-0.1, -0.05) is 29.8 Å². The maximum atomic E-state index is 13.0. The SMILES string of the molecule is COC(=O)c1cccc(S(=O)(=O)N2CCCN(Cc3ccc(Cl)cc3)CC2)c1. The summed E-state index contributed by atoms with van der Waals surface area (Å²) in [5, 5.41) is 0.700. The van der Waals surface area contributed by atoms with E-state index >= 15 is 0 Å². The van der Waals surface area contributed by atoms with Crippen molar-refractivity contribution < 1.29 is 17.9 Å². The van der Waals surface area contributed by atoms with E-state index in [1.54, 1.807) is 12.1 Å².